The molecule has 0 aliphatic heterocycles. The summed E-state index contributed by atoms with van der Waals surface area (Å²) < 4.78 is 26.3. The van der Waals surface area contributed by atoms with Gasteiger partial charge in [-0.1, -0.05) is 19.3 Å². The average Bonchev–Trinajstić information content (AvgIpc) is 2.99. The summed E-state index contributed by atoms with van der Waals surface area (Å²) in [6.45, 7) is 1.38. The molecule has 6 nitrogen and oxygen atoms in total. The molecule has 1 aromatic rings. The van der Waals surface area contributed by atoms with Crippen LogP contribution in [-0.4, -0.2) is 49.7 Å². The van der Waals surface area contributed by atoms with E-state index in [4.69, 9.17) is 0 Å². The van der Waals surface area contributed by atoms with Crippen molar-refractivity contribution in [3.8, 4) is 0 Å². The zero-order valence-corrected chi connectivity index (χ0v) is 12.8. The van der Waals surface area contributed by atoms with Gasteiger partial charge in [0.15, 0.2) is 5.03 Å². The number of nitrogens with zero attached hydrogens (tertiary/aromatic N) is 2. The molecule has 0 radical (unpaired) electrons. The highest BCUT2D eigenvalue weighted by Gasteiger charge is 2.18. The van der Waals surface area contributed by atoms with E-state index in [-0.39, 0.29) is 5.03 Å². The van der Waals surface area contributed by atoms with Gasteiger partial charge in [-0.2, -0.15) is 5.10 Å². The molecule has 2 rings (SSSR count). The summed E-state index contributed by atoms with van der Waals surface area (Å²) >= 11 is 0. The fourth-order valence-corrected chi connectivity index (χ4v) is 3.69. The number of hydrogen-bond donors (Lipinski definition) is 2. The summed E-state index contributed by atoms with van der Waals surface area (Å²) in [5.41, 5.74) is 0. The molecule has 1 aromatic heterocycles. The Balaban J connectivity index is 1.68. The molecule has 7 heteroatoms. The maximum absolute atomic E-state index is 11.8. The van der Waals surface area contributed by atoms with Crippen molar-refractivity contribution in [3.63, 3.8) is 0 Å². The van der Waals surface area contributed by atoms with Crippen molar-refractivity contribution in [1.82, 2.24) is 19.8 Å². The van der Waals surface area contributed by atoms with Crippen molar-refractivity contribution >= 4 is 10.0 Å². The van der Waals surface area contributed by atoms with E-state index in [0.29, 0.717) is 12.6 Å². The molecule has 0 saturated heterocycles. The Hall–Kier alpha value is -0.920. The Bertz CT molecular complexity index is 480. The summed E-state index contributed by atoms with van der Waals surface area (Å²) in [5.74, 6) is 0. The normalized spacial score (nSPS) is 17.7. The molecular weight excluding hydrogens is 276 g/mol. The van der Waals surface area contributed by atoms with Crippen molar-refractivity contribution < 1.29 is 8.42 Å². The largest absolute Gasteiger partial charge is 0.303 e. The van der Waals surface area contributed by atoms with Crippen LogP contribution in [0.25, 0.3) is 0 Å². The van der Waals surface area contributed by atoms with Gasteiger partial charge in [0.2, 0.25) is 0 Å². The summed E-state index contributed by atoms with van der Waals surface area (Å²) in [7, 11) is -1.29. The van der Waals surface area contributed by atoms with Crippen LogP contribution in [0.2, 0.25) is 0 Å². The standard InChI is InChI=1S/C13H24N4O2S/c1-17(12-6-3-2-4-7-12)11-5-9-15-20(18,19)13-8-10-14-16-13/h8,10,12,15H,2-7,9,11H2,1H3,(H,14,16). The Labute approximate surface area is 121 Å². The first kappa shape index (κ1) is 15.5. The van der Waals surface area contributed by atoms with E-state index in [1.807, 2.05) is 0 Å². The zero-order valence-electron chi connectivity index (χ0n) is 12.0. The van der Waals surface area contributed by atoms with Gasteiger partial charge in [0.1, 0.15) is 0 Å². The lowest BCUT2D eigenvalue weighted by Gasteiger charge is -2.31. The maximum Gasteiger partial charge on any atom is 0.257 e. The molecule has 0 bridgehead atoms. The fraction of sp³-hybridized carbons (Fsp3) is 0.769. The molecule has 0 unspecified atom stereocenters. The third kappa shape index (κ3) is 4.29. The van der Waals surface area contributed by atoms with Crippen LogP contribution < -0.4 is 4.72 Å². The second-order valence-corrected chi connectivity index (χ2v) is 7.18. The van der Waals surface area contributed by atoms with Crippen LogP contribution in [0.15, 0.2) is 17.3 Å². The molecular formula is C13H24N4O2S. The van der Waals surface area contributed by atoms with Crippen molar-refractivity contribution in [2.75, 3.05) is 20.1 Å². The van der Waals surface area contributed by atoms with Crippen LogP contribution in [-0.2, 0) is 10.0 Å². The first-order valence-corrected chi connectivity index (χ1v) is 8.77. The second kappa shape index (κ2) is 7.19. The maximum atomic E-state index is 11.8. The number of rotatable bonds is 7. The summed E-state index contributed by atoms with van der Waals surface area (Å²) in [6, 6.07) is 2.13. The van der Waals surface area contributed by atoms with Crippen molar-refractivity contribution in [2.24, 2.45) is 0 Å². The number of sulfonamides is 1. The summed E-state index contributed by atoms with van der Waals surface area (Å²) in [4.78, 5) is 2.36. The minimum absolute atomic E-state index is 0.123. The third-order valence-corrected chi connectivity index (χ3v) is 5.33. The molecule has 1 aliphatic rings. The Morgan fingerprint density at radius 1 is 1.40 bits per heavy atom. The quantitative estimate of drug-likeness (QED) is 0.745. The molecule has 0 aromatic carbocycles. The van der Waals surface area contributed by atoms with Gasteiger partial charge in [0.05, 0.1) is 6.20 Å². The molecule has 1 fully saturated rings. The number of hydrogen-bond acceptors (Lipinski definition) is 4. The van der Waals surface area contributed by atoms with Gasteiger partial charge in [0.25, 0.3) is 10.0 Å². The predicted octanol–water partition coefficient (Wildman–Crippen LogP) is 1.34. The van der Waals surface area contributed by atoms with Crippen LogP contribution in [0.1, 0.15) is 38.5 Å². The van der Waals surface area contributed by atoms with Crippen LogP contribution >= 0.6 is 0 Å². The minimum Gasteiger partial charge on any atom is -0.303 e. The van der Waals surface area contributed by atoms with Crippen molar-refractivity contribution in [1.29, 1.82) is 0 Å². The van der Waals surface area contributed by atoms with E-state index in [1.54, 1.807) is 0 Å². The van der Waals surface area contributed by atoms with Crippen LogP contribution in [0.3, 0.4) is 0 Å². The molecule has 0 amide bonds. The molecule has 20 heavy (non-hydrogen) atoms. The van der Waals surface area contributed by atoms with E-state index in [2.05, 4.69) is 26.9 Å². The number of aromatic amines is 1. The van der Waals surface area contributed by atoms with E-state index < -0.39 is 10.0 Å². The topological polar surface area (TPSA) is 78.1 Å². The molecule has 0 atom stereocenters. The Morgan fingerprint density at radius 3 is 2.80 bits per heavy atom. The lowest BCUT2D eigenvalue weighted by Crippen LogP contribution is -2.35. The molecule has 114 valence electrons. The lowest BCUT2D eigenvalue weighted by molar-refractivity contribution is 0.190. The zero-order chi connectivity index (χ0) is 14.4. The van der Waals surface area contributed by atoms with Gasteiger partial charge >= 0.3 is 0 Å². The van der Waals surface area contributed by atoms with Gasteiger partial charge in [-0.25, -0.2) is 13.1 Å². The minimum atomic E-state index is -3.43. The molecule has 1 saturated carbocycles. The Kier molecular flexibility index (Phi) is 5.56. The van der Waals surface area contributed by atoms with E-state index in [9.17, 15) is 8.42 Å². The highest BCUT2D eigenvalue weighted by molar-refractivity contribution is 7.89. The van der Waals surface area contributed by atoms with Gasteiger partial charge in [0, 0.05) is 12.6 Å². The van der Waals surface area contributed by atoms with Crippen molar-refractivity contribution in [2.45, 2.75) is 49.6 Å². The number of nitrogens with one attached hydrogen (secondary N) is 2. The second-order valence-electron chi connectivity index (χ2n) is 5.44. The molecule has 0 spiro atoms. The highest BCUT2D eigenvalue weighted by atomic mass is 32.2. The van der Waals surface area contributed by atoms with E-state index >= 15 is 0 Å². The predicted molar refractivity (Wildman–Crippen MR) is 77.9 cm³/mol. The van der Waals surface area contributed by atoms with E-state index in [1.165, 1.54) is 44.4 Å². The van der Waals surface area contributed by atoms with Gasteiger partial charge in [-0.05, 0) is 38.9 Å². The smallest absolute Gasteiger partial charge is 0.257 e. The summed E-state index contributed by atoms with van der Waals surface area (Å²) in [6.07, 6.45) is 8.80. The molecule has 1 aliphatic carbocycles. The fourth-order valence-electron chi connectivity index (χ4n) is 2.71. The van der Waals surface area contributed by atoms with Crippen LogP contribution in [0, 0.1) is 0 Å². The molecule has 1 heterocycles. The third-order valence-electron chi connectivity index (χ3n) is 3.94. The monoisotopic (exact) mass is 300 g/mol. The Morgan fingerprint density at radius 2 is 2.15 bits per heavy atom. The number of H-pyrrole nitrogens is 1. The summed E-state index contributed by atoms with van der Waals surface area (Å²) in [5, 5.41) is 6.24. The van der Waals surface area contributed by atoms with Gasteiger partial charge in [-0.15, -0.1) is 0 Å². The first-order chi connectivity index (χ1) is 9.59. The average molecular weight is 300 g/mol. The van der Waals surface area contributed by atoms with Gasteiger partial charge in [-0.3, -0.25) is 5.10 Å². The first-order valence-electron chi connectivity index (χ1n) is 7.29. The molecule has 2 N–H and O–H groups in total. The number of aromatic nitrogens is 2. The SMILES string of the molecule is CN(CCCNS(=O)(=O)c1ccn[nH]1)C1CCCCC1. The van der Waals surface area contributed by atoms with E-state index in [0.717, 1.165) is 13.0 Å². The van der Waals surface area contributed by atoms with Crippen molar-refractivity contribution in [3.05, 3.63) is 12.3 Å². The van der Waals surface area contributed by atoms with Crippen LogP contribution in [0.5, 0.6) is 0 Å². The highest BCUT2D eigenvalue weighted by Crippen LogP contribution is 2.21. The van der Waals surface area contributed by atoms with Gasteiger partial charge < -0.3 is 4.90 Å². The lowest BCUT2D eigenvalue weighted by atomic mass is 9.94. The van der Waals surface area contributed by atoms with Crippen LogP contribution in [0.4, 0.5) is 0 Å².